The molecule has 0 spiro atoms. The molecular weight excluding hydrogens is 294 g/mol. The first kappa shape index (κ1) is 13.4. The minimum atomic E-state index is -0.719. The van der Waals surface area contributed by atoms with Crippen LogP contribution in [-0.2, 0) is 7.05 Å². The Morgan fingerprint density at radius 2 is 1.96 bits per heavy atom. The highest BCUT2D eigenvalue weighted by Gasteiger charge is 2.20. The first-order chi connectivity index (χ1) is 11.1. The summed E-state index contributed by atoms with van der Waals surface area (Å²) in [4.78, 5) is 25.1. The van der Waals surface area contributed by atoms with Gasteiger partial charge in [0, 0.05) is 35.4 Å². The van der Waals surface area contributed by atoms with Crippen molar-refractivity contribution < 1.29 is 9.21 Å². The molecule has 2 N–H and O–H groups in total. The lowest BCUT2D eigenvalue weighted by molar-refractivity contribution is 0.0958. The van der Waals surface area contributed by atoms with Gasteiger partial charge < -0.3 is 14.7 Å². The van der Waals surface area contributed by atoms with Gasteiger partial charge in [0.15, 0.2) is 5.58 Å². The summed E-state index contributed by atoms with van der Waals surface area (Å²) >= 11 is 0. The molecule has 6 heteroatoms. The quantitative estimate of drug-likeness (QED) is 0.547. The van der Waals surface area contributed by atoms with Crippen LogP contribution in [0.5, 0.6) is 0 Å². The van der Waals surface area contributed by atoms with Crippen molar-refractivity contribution in [2.45, 2.75) is 0 Å². The van der Waals surface area contributed by atoms with Crippen molar-refractivity contribution in [3.63, 3.8) is 0 Å². The molecular formula is C17H13N3O3. The van der Waals surface area contributed by atoms with Crippen LogP contribution in [0.4, 0.5) is 5.69 Å². The number of hydrogen-bond donors (Lipinski definition) is 1. The van der Waals surface area contributed by atoms with Crippen LogP contribution in [0.25, 0.3) is 22.0 Å². The van der Waals surface area contributed by atoms with E-state index in [-0.39, 0.29) is 0 Å². The number of fused-ring (bicyclic) bond motifs is 2. The van der Waals surface area contributed by atoms with Crippen molar-refractivity contribution in [1.29, 1.82) is 0 Å². The van der Waals surface area contributed by atoms with E-state index in [0.29, 0.717) is 22.4 Å². The molecule has 0 aliphatic rings. The number of carbonyl (C=O) groups excluding carboxylic acids is 1. The standard InChI is InChI=1S/C17H13N3O3/c1-19-8-7-11-12(3-2-4-13(11)19)16(21)20-14-9-10(18)5-6-15(14)23-17(20)22/h2-9H,18H2,1H3. The van der Waals surface area contributed by atoms with E-state index in [4.69, 9.17) is 10.2 Å². The first-order valence-corrected chi connectivity index (χ1v) is 7.06. The van der Waals surface area contributed by atoms with Gasteiger partial charge in [0.2, 0.25) is 0 Å². The van der Waals surface area contributed by atoms with Crippen molar-refractivity contribution in [3.8, 4) is 0 Å². The van der Waals surface area contributed by atoms with E-state index in [1.807, 2.05) is 29.9 Å². The second-order valence-corrected chi connectivity index (χ2v) is 5.40. The minimum Gasteiger partial charge on any atom is -0.407 e. The van der Waals surface area contributed by atoms with Crippen molar-refractivity contribution in [3.05, 3.63) is 64.8 Å². The molecule has 0 unspecified atom stereocenters. The van der Waals surface area contributed by atoms with Crippen LogP contribution >= 0.6 is 0 Å². The largest absolute Gasteiger partial charge is 0.427 e. The molecule has 23 heavy (non-hydrogen) atoms. The van der Waals surface area contributed by atoms with Crippen LogP contribution in [0.1, 0.15) is 10.4 Å². The smallest absolute Gasteiger partial charge is 0.407 e. The molecule has 0 saturated carbocycles. The molecule has 0 radical (unpaired) electrons. The lowest BCUT2D eigenvalue weighted by Crippen LogP contribution is -2.23. The van der Waals surface area contributed by atoms with Gasteiger partial charge in [0.05, 0.1) is 0 Å². The fourth-order valence-corrected chi connectivity index (χ4v) is 2.84. The second-order valence-electron chi connectivity index (χ2n) is 5.40. The zero-order valence-electron chi connectivity index (χ0n) is 12.3. The Morgan fingerprint density at radius 1 is 1.13 bits per heavy atom. The number of nitrogens with zero attached hydrogens (tertiary/aromatic N) is 2. The third kappa shape index (κ3) is 1.88. The molecule has 0 aliphatic carbocycles. The van der Waals surface area contributed by atoms with Gasteiger partial charge in [-0.05, 0) is 36.4 Å². The zero-order valence-corrected chi connectivity index (χ0v) is 12.3. The fraction of sp³-hybridized carbons (Fsp3) is 0.0588. The fourth-order valence-electron chi connectivity index (χ4n) is 2.84. The SMILES string of the molecule is Cn1ccc2c(C(=O)n3c(=O)oc4ccc(N)cc43)cccc21. The number of benzene rings is 2. The number of carbonyl (C=O) groups is 1. The Labute approximate surface area is 130 Å². The number of nitrogen functional groups attached to an aromatic ring is 1. The van der Waals surface area contributed by atoms with E-state index in [9.17, 15) is 9.59 Å². The molecule has 0 atom stereocenters. The van der Waals surface area contributed by atoms with E-state index in [1.54, 1.807) is 30.3 Å². The van der Waals surface area contributed by atoms with E-state index in [1.165, 1.54) is 0 Å². The highest BCUT2D eigenvalue weighted by molar-refractivity contribution is 6.09. The Bertz CT molecular complexity index is 1130. The topological polar surface area (TPSA) is 83.2 Å². The molecule has 4 aromatic rings. The summed E-state index contributed by atoms with van der Waals surface area (Å²) in [5.41, 5.74) is 8.27. The number of hydrogen-bond acceptors (Lipinski definition) is 4. The average molecular weight is 307 g/mol. The maximum Gasteiger partial charge on any atom is 0.427 e. The predicted molar refractivity (Wildman–Crippen MR) is 87.5 cm³/mol. The average Bonchev–Trinajstić information content (AvgIpc) is 3.06. The summed E-state index contributed by atoms with van der Waals surface area (Å²) in [5.74, 6) is -1.15. The van der Waals surface area contributed by atoms with Gasteiger partial charge in [-0.25, -0.2) is 9.36 Å². The molecule has 2 aromatic heterocycles. The van der Waals surface area contributed by atoms with E-state index < -0.39 is 11.7 Å². The molecule has 114 valence electrons. The minimum absolute atomic E-state index is 0.331. The van der Waals surface area contributed by atoms with Gasteiger partial charge in [0.1, 0.15) is 5.52 Å². The normalized spacial score (nSPS) is 11.3. The lowest BCUT2D eigenvalue weighted by atomic mass is 10.1. The molecule has 0 fully saturated rings. The van der Waals surface area contributed by atoms with Crippen molar-refractivity contribution in [2.24, 2.45) is 7.05 Å². The third-order valence-electron chi connectivity index (χ3n) is 3.97. The zero-order chi connectivity index (χ0) is 16.1. The van der Waals surface area contributed by atoms with Crippen molar-refractivity contribution in [2.75, 3.05) is 5.73 Å². The highest BCUT2D eigenvalue weighted by atomic mass is 16.4. The van der Waals surface area contributed by atoms with Gasteiger partial charge >= 0.3 is 5.76 Å². The van der Waals surface area contributed by atoms with Crippen molar-refractivity contribution >= 4 is 33.6 Å². The van der Waals surface area contributed by atoms with Crippen LogP contribution in [0.15, 0.2) is 57.9 Å². The second kappa shape index (κ2) is 4.61. The van der Waals surface area contributed by atoms with Crippen LogP contribution < -0.4 is 11.5 Å². The van der Waals surface area contributed by atoms with Crippen LogP contribution in [0.2, 0.25) is 0 Å². The Balaban J connectivity index is 2.00. The van der Waals surface area contributed by atoms with Crippen LogP contribution in [0, 0.1) is 0 Å². The summed E-state index contributed by atoms with van der Waals surface area (Å²) in [6.07, 6.45) is 1.87. The maximum atomic E-state index is 12.9. The van der Waals surface area contributed by atoms with Gasteiger partial charge in [-0.3, -0.25) is 4.79 Å². The molecule has 4 rings (SSSR count). The van der Waals surface area contributed by atoms with Gasteiger partial charge in [-0.2, -0.15) is 0 Å². The number of aromatic nitrogens is 2. The highest BCUT2D eigenvalue weighted by Crippen LogP contribution is 2.22. The monoisotopic (exact) mass is 307 g/mol. The number of rotatable bonds is 1. The Morgan fingerprint density at radius 3 is 2.78 bits per heavy atom. The lowest BCUT2D eigenvalue weighted by Gasteiger charge is -2.04. The van der Waals surface area contributed by atoms with E-state index in [2.05, 4.69) is 0 Å². The van der Waals surface area contributed by atoms with E-state index in [0.717, 1.165) is 15.5 Å². The Hall–Kier alpha value is -3.28. The molecule has 0 aliphatic heterocycles. The number of nitrogens with two attached hydrogens (primary N) is 1. The number of aryl methyl sites for hydroxylation is 1. The molecule has 2 aromatic carbocycles. The summed E-state index contributed by atoms with van der Waals surface area (Å²) in [7, 11) is 1.90. The predicted octanol–water partition coefficient (Wildman–Crippen LogP) is 2.36. The van der Waals surface area contributed by atoms with Gasteiger partial charge in [-0.1, -0.05) is 6.07 Å². The maximum absolute atomic E-state index is 12.9. The van der Waals surface area contributed by atoms with Crippen LogP contribution in [-0.4, -0.2) is 15.0 Å². The summed E-state index contributed by atoms with van der Waals surface area (Å²) in [5, 5.41) is 0.783. The van der Waals surface area contributed by atoms with Crippen molar-refractivity contribution in [1.82, 2.24) is 9.13 Å². The first-order valence-electron chi connectivity index (χ1n) is 7.06. The number of anilines is 1. The Kier molecular flexibility index (Phi) is 2.68. The molecule has 6 nitrogen and oxygen atoms in total. The molecule has 0 bridgehead atoms. The molecule has 2 heterocycles. The summed E-state index contributed by atoms with van der Waals surface area (Å²) in [6, 6.07) is 12.0. The van der Waals surface area contributed by atoms with Gasteiger partial charge in [0.25, 0.3) is 5.91 Å². The summed E-state index contributed by atoms with van der Waals surface area (Å²) < 4.78 is 8.08. The molecule has 0 amide bonds. The molecule has 0 saturated heterocycles. The van der Waals surface area contributed by atoms with Gasteiger partial charge in [-0.15, -0.1) is 0 Å². The van der Waals surface area contributed by atoms with E-state index >= 15 is 0 Å². The number of oxazole rings is 1. The third-order valence-corrected chi connectivity index (χ3v) is 3.97. The summed E-state index contributed by atoms with van der Waals surface area (Å²) in [6.45, 7) is 0. The van der Waals surface area contributed by atoms with Crippen LogP contribution in [0.3, 0.4) is 0 Å².